The molecule has 0 bridgehead atoms. The molecule has 4 aromatic rings. The number of nitrogens with zero attached hydrogens (tertiary/aromatic N) is 5. The van der Waals surface area contributed by atoms with Gasteiger partial charge in [0.1, 0.15) is 5.82 Å². The third kappa shape index (κ3) is 4.84. The van der Waals surface area contributed by atoms with Crippen molar-refractivity contribution in [3.8, 4) is 17.1 Å². The van der Waals surface area contributed by atoms with Gasteiger partial charge < -0.3 is 5.32 Å². The second-order valence-electron chi connectivity index (χ2n) is 8.14. The average Bonchev–Trinajstić information content (AvgIpc) is 3.49. The van der Waals surface area contributed by atoms with Gasteiger partial charge in [0.05, 0.1) is 12.4 Å². The molecule has 2 aromatic heterocycles. The Hall–Kier alpha value is -3.21. The molecule has 1 aliphatic rings. The minimum absolute atomic E-state index is 0.0261. The molecule has 0 aliphatic carbocycles. The predicted molar refractivity (Wildman–Crippen MR) is 133 cm³/mol. The van der Waals surface area contributed by atoms with E-state index in [0.29, 0.717) is 22.4 Å². The molecule has 5 rings (SSSR count). The Labute approximate surface area is 205 Å². The highest BCUT2D eigenvalue weighted by atomic mass is 32.1. The molecule has 0 unspecified atom stereocenters. The SMILES string of the molecule is O=C(Nc1nccs1)C1CCN(Cn2nc(-c3ccccc3)n(-c3ccc(F)cc3)c2=S)CC1. The van der Waals surface area contributed by atoms with E-state index in [1.165, 1.54) is 23.5 Å². The quantitative estimate of drug-likeness (QED) is 0.383. The van der Waals surface area contributed by atoms with E-state index in [-0.39, 0.29) is 17.6 Å². The standard InChI is InChI=1S/C24H23FN6OS2/c25-19-6-8-20(9-7-19)31-21(17-4-2-1-3-5-17)28-30(24(31)33)16-29-13-10-18(11-14-29)22(32)27-23-26-12-15-34-23/h1-9,12,15,18H,10-11,13-14,16H2,(H,26,27,32). The van der Waals surface area contributed by atoms with Crippen LogP contribution in [0.4, 0.5) is 9.52 Å². The molecule has 7 nitrogen and oxygen atoms in total. The number of aromatic nitrogens is 4. The van der Waals surface area contributed by atoms with Crippen LogP contribution in [-0.4, -0.2) is 43.2 Å². The van der Waals surface area contributed by atoms with Gasteiger partial charge >= 0.3 is 0 Å². The van der Waals surface area contributed by atoms with Crippen molar-refractivity contribution in [2.45, 2.75) is 19.5 Å². The van der Waals surface area contributed by atoms with E-state index >= 15 is 0 Å². The first-order chi connectivity index (χ1) is 16.6. The van der Waals surface area contributed by atoms with Gasteiger partial charge in [-0.25, -0.2) is 14.1 Å². The number of carbonyl (C=O) groups excluding carboxylic acids is 1. The smallest absolute Gasteiger partial charge is 0.229 e. The lowest BCUT2D eigenvalue weighted by atomic mass is 9.96. The first-order valence-electron chi connectivity index (χ1n) is 11.0. The molecule has 1 saturated heterocycles. The maximum atomic E-state index is 13.5. The number of rotatable bonds is 6. The molecule has 0 saturated carbocycles. The summed E-state index contributed by atoms with van der Waals surface area (Å²) in [5.74, 6) is 0.392. The molecule has 0 spiro atoms. The molecule has 1 aliphatic heterocycles. The topological polar surface area (TPSA) is 68.0 Å². The molecule has 3 heterocycles. The van der Waals surface area contributed by atoms with E-state index in [1.807, 2.05) is 40.3 Å². The van der Waals surface area contributed by atoms with Crippen LogP contribution in [0.3, 0.4) is 0 Å². The predicted octanol–water partition coefficient (Wildman–Crippen LogP) is 4.97. The number of hydrogen-bond acceptors (Lipinski definition) is 6. The van der Waals surface area contributed by atoms with Crippen LogP contribution < -0.4 is 5.32 Å². The Morgan fingerprint density at radius 1 is 1.12 bits per heavy atom. The summed E-state index contributed by atoms with van der Waals surface area (Å²) in [5.41, 5.74) is 1.68. The molecule has 10 heteroatoms. The van der Waals surface area contributed by atoms with E-state index in [2.05, 4.69) is 15.2 Å². The Kier molecular flexibility index (Phi) is 6.61. The Morgan fingerprint density at radius 2 is 1.85 bits per heavy atom. The lowest BCUT2D eigenvalue weighted by Gasteiger charge is -2.30. The third-order valence-electron chi connectivity index (χ3n) is 5.91. The van der Waals surface area contributed by atoms with Crippen LogP contribution in [0.25, 0.3) is 17.1 Å². The average molecular weight is 495 g/mol. The zero-order valence-electron chi connectivity index (χ0n) is 18.3. The van der Waals surface area contributed by atoms with E-state index in [4.69, 9.17) is 17.3 Å². The summed E-state index contributed by atoms with van der Waals surface area (Å²) in [4.78, 5) is 18.9. The van der Waals surface area contributed by atoms with Gasteiger partial charge in [-0.1, -0.05) is 30.3 Å². The first-order valence-corrected chi connectivity index (χ1v) is 12.3. The van der Waals surface area contributed by atoms with Crippen LogP contribution in [-0.2, 0) is 11.5 Å². The second-order valence-corrected chi connectivity index (χ2v) is 9.40. The molecule has 1 N–H and O–H groups in total. The number of anilines is 1. The van der Waals surface area contributed by atoms with Crippen molar-refractivity contribution in [2.24, 2.45) is 5.92 Å². The van der Waals surface area contributed by atoms with Crippen LogP contribution in [0.1, 0.15) is 12.8 Å². The fourth-order valence-electron chi connectivity index (χ4n) is 4.12. The van der Waals surface area contributed by atoms with Crippen molar-refractivity contribution < 1.29 is 9.18 Å². The minimum Gasteiger partial charge on any atom is -0.302 e. The van der Waals surface area contributed by atoms with Gasteiger partial charge in [-0.15, -0.1) is 16.4 Å². The van der Waals surface area contributed by atoms with Crippen molar-refractivity contribution in [1.29, 1.82) is 0 Å². The summed E-state index contributed by atoms with van der Waals surface area (Å²) in [7, 11) is 0. The summed E-state index contributed by atoms with van der Waals surface area (Å²) >= 11 is 7.22. The van der Waals surface area contributed by atoms with Gasteiger partial charge in [-0.2, -0.15) is 0 Å². The van der Waals surface area contributed by atoms with Crippen molar-refractivity contribution in [1.82, 2.24) is 24.2 Å². The highest BCUT2D eigenvalue weighted by molar-refractivity contribution is 7.71. The van der Waals surface area contributed by atoms with Gasteiger partial charge in [-0.05, 0) is 49.3 Å². The molecule has 0 atom stereocenters. The summed E-state index contributed by atoms with van der Waals surface area (Å²) in [6, 6.07) is 16.1. The number of nitrogens with one attached hydrogen (secondary N) is 1. The van der Waals surface area contributed by atoms with Gasteiger partial charge in [0.25, 0.3) is 0 Å². The first kappa shape index (κ1) is 22.6. The Morgan fingerprint density at radius 3 is 2.53 bits per heavy atom. The number of likely N-dealkylation sites (tertiary alicyclic amines) is 1. The van der Waals surface area contributed by atoms with Gasteiger partial charge in [0, 0.05) is 36.1 Å². The molecule has 2 aromatic carbocycles. The lowest BCUT2D eigenvalue weighted by molar-refractivity contribution is -0.121. The largest absolute Gasteiger partial charge is 0.302 e. The molecular formula is C24H23FN6OS2. The zero-order chi connectivity index (χ0) is 23.5. The van der Waals surface area contributed by atoms with Crippen LogP contribution >= 0.6 is 23.6 Å². The van der Waals surface area contributed by atoms with E-state index in [9.17, 15) is 9.18 Å². The molecule has 1 amide bonds. The molecular weight excluding hydrogens is 471 g/mol. The minimum atomic E-state index is -0.300. The number of piperidine rings is 1. The zero-order valence-corrected chi connectivity index (χ0v) is 19.9. The Balaban J connectivity index is 1.34. The molecule has 0 radical (unpaired) electrons. The fourth-order valence-corrected chi connectivity index (χ4v) is 4.94. The normalized spacial score (nSPS) is 14.9. The maximum Gasteiger partial charge on any atom is 0.229 e. The number of thiazole rings is 1. The highest BCUT2D eigenvalue weighted by Gasteiger charge is 2.26. The number of halogens is 1. The summed E-state index contributed by atoms with van der Waals surface area (Å²) in [6.07, 6.45) is 3.20. The van der Waals surface area contributed by atoms with E-state index in [1.54, 1.807) is 23.0 Å². The van der Waals surface area contributed by atoms with E-state index in [0.717, 1.165) is 37.2 Å². The maximum absolute atomic E-state index is 13.5. The Bertz CT molecular complexity index is 1310. The number of benzene rings is 2. The van der Waals surface area contributed by atoms with Gasteiger partial charge in [0.15, 0.2) is 11.0 Å². The van der Waals surface area contributed by atoms with Gasteiger partial charge in [-0.3, -0.25) is 14.3 Å². The van der Waals surface area contributed by atoms with Crippen LogP contribution in [0.15, 0.2) is 66.2 Å². The monoisotopic (exact) mass is 494 g/mol. The van der Waals surface area contributed by atoms with E-state index < -0.39 is 0 Å². The van der Waals surface area contributed by atoms with Crippen molar-refractivity contribution in [3.63, 3.8) is 0 Å². The number of amides is 1. The van der Waals surface area contributed by atoms with Crippen LogP contribution in [0.2, 0.25) is 0 Å². The van der Waals surface area contributed by atoms with Crippen molar-refractivity contribution in [2.75, 3.05) is 18.4 Å². The molecule has 174 valence electrons. The van der Waals surface area contributed by atoms with Gasteiger partial charge in [0.2, 0.25) is 10.7 Å². The number of carbonyl (C=O) groups is 1. The fraction of sp³-hybridized carbons (Fsp3) is 0.250. The second kappa shape index (κ2) is 9.96. The lowest BCUT2D eigenvalue weighted by Crippen LogP contribution is -2.39. The molecule has 1 fully saturated rings. The number of hydrogen-bond donors (Lipinski definition) is 1. The third-order valence-corrected chi connectivity index (χ3v) is 6.99. The van der Waals surface area contributed by atoms with Crippen molar-refractivity contribution >= 4 is 34.6 Å². The van der Waals surface area contributed by atoms with Crippen LogP contribution in [0, 0.1) is 16.5 Å². The molecule has 34 heavy (non-hydrogen) atoms. The van der Waals surface area contributed by atoms with Crippen molar-refractivity contribution in [3.05, 3.63) is 76.8 Å². The summed E-state index contributed by atoms with van der Waals surface area (Å²) in [6.45, 7) is 2.05. The van der Waals surface area contributed by atoms with Crippen LogP contribution in [0.5, 0.6) is 0 Å². The summed E-state index contributed by atoms with van der Waals surface area (Å²) < 4.78 is 17.8. The highest BCUT2D eigenvalue weighted by Crippen LogP contribution is 2.25. The summed E-state index contributed by atoms with van der Waals surface area (Å²) in [5, 5.41) is 10.2.